The average molecular weight is 274 g/mol. The number of rotatable bonds is 8. The molecule has 0 aromatic heterocycles. The Hall–Kier alpha value is -1.32. The van der Waals surface area contributed by atoms with Gasteiger partial charge in [-0.2, -0.15) is 0 Å². The zero-order chi connectivity index (χ0) is 15.1. The number of nitrogens with zero attached hydrogens (tertiary/aromatic N) is 2. The Bertz CT molecular complexity index is 448. The number of aliphatic imine (C=N–C) groups is 1. The lowest BCUT2D eigenvalue weighted by Gasteiger charge is -2.30. The van der Waals surface area contributed by atoms with Crippen LogP contribution in [0.4, 0.5) is 15.8 Å². The van der Waals surface area contributed by atoms with E-state index in [-0.39, 0.29) is 5.82 Å². The van der Waals surface area contributed by atoms with Crippen LogP contribution in [0.25, 0.3) is 0 Å². The molecular formula is C16H24BFN2. The second-order valence-corrected chi connectivity index (χ2v) is 5.12. The summed E-state index contributed by atoms with van der Waals surface area (Å²) in [5, 5.41) is 0. The summed E-state index contributed by atoms with van der Waals surface area (Å²) in [7, 11) is 6.00. The van der Waals surface area contributed by atoms with Crippen molar-refractivity contribution < 1.29 is 4.39 Å². The normalized spacial score (nSPS) is 12.2. The summed E-state index contributed by atoms with van der Waals surface area (Å²) in [6, 6.07) is 2.75. The Labute approximate surface area is 123 Å². The average Bonchev–Trinajstić information content (AvgIpc) is 2.43. The summed E-state index contributed by atoms with van der Waals surface area (Å²) in [4.78, 5) is 6.11. The molecule has 0 amide bonds. The van der Waals surface area contributed by atoms with Crippen molar-refractivity contribution in [1.82, 2.24) is 0 Å². The van der Waals surface area contributed by atoms with Gasteiger partial charge in [-0.05, 0) is 32.0 Å². The third-order valence-corrected chi connectivity index (χ3v) is 3.71. The van der Waals surface area contributed by atoms with Crippen LogP contribution in [0.1, 0.15) is 40.0 Å². The molecule has 0 heterocycles. The van der Waals surface area contributed by atoms with Gasteiger partial charge in [0, 0.05) is 19.2 Å². The van der Waals surface area contributed by atoms with E-state index in [1.165, 1.54) is 25.0 Å². The van der Waals surface area contributed by atoms with Crippen LogP contribution in [0, 0.1) is 11.7 Å². The molecule has 0 saturated carbocycles. The molecule has 108 valence electrons. The van der Waals surface area contributed by atoms with E-state index < -0.39 is 0 Å². The minimum atomic E-state index is -0.370. The van der Waals surface area contributed by atoms with Crippen molar-refractivity contribution in [3.05, 3.63) is 17.9 Å². The van der Waals surface area contributed by atoms with E-state index >= 15 is 0 Å². The van der Waals surface area contributed by atoms with Crippen molar-refractivity contribution >= 4 is 31.4 Å². The van der Waals surface area contributed by atoms with Gasteiger partial charge in [0.2, 0.25) is 0 Å². The largest absolute Gasteiger partial charge is 0.370 e. The standard InChI is InChI=1S/C16H24BFN2/c1-5-8-12(6-2)11-20(7-3)16-14(17)9-13(18)10-15(16)19-4/h9-10,12H,4-8,11H2,1-3H3. The Morgan fingerprint density at radius 1 is 1.35 bits per heavy atom. The van der Waals surface area contributed by atoms with Crippen LogP contribution in [-0.4, -0.2) is 27.7 Å². The van der Waals surface area contributed by atoms with Crippen molar-refractivity contribution in [3.8, 4) is 0 Å². The monoisotopic (exact) mass is 274 g/mol. The maximum atomic E-state index is 13.4. The van der Waals surface area contributed by atoms with E-state index in [4.69, 9.17) is 7.85 Å². The molecule has 0 aliphatic heterocycles. The van der Waals surface area contributed by atoms with Gasteiger partial charge < -0.3 is 4.90 Å². The van der Waals surface area contributed by atoms with Crippen LogP contribution < -0.4 is 10.4 Å². The van der Waals surface area contributed by atoms with E-state index in [0.29, 0.717) is 17.1 Å². The zero-order valence-electron chi connectivity index (χ0n) is 12.8. The Morgan fingerprint density at radius 2 is 2.05 bits per heavy atom. The van der Waals surface area contributed by atoms with E-state index in [2.05, 4.69) is 37.4 Å². The summed E-state index contributed by atoms with van der Waals surface area (Å²) >= 11 is 0. The summed E-state index contributed by atoms with van der Waals surface area (Å²) < 4.78 is 13.4. The minimum absolute atomic E-state index is 0.370. The number of halogens is 1. The second-order valence-electron chi connectivity index (χ2n) is 5.12. The number of hydrogen-bond donors (Lipinski definition) is 0. The lowest BCUT2D eigenvalue weighted by atomic mass is 9.91. The summed E-state index contributed by atoms with van der Waals surface area (Å²) in [5.41, 5.74) is 1.76. The SMILES string of the molecule is [B]c1cc(F)cc(N=C)c1N(CC)CC(CC)CCC. The van der Waals surface area contributed by atoms with Crippen molar-refractivity contribution in [1.29, 1.82) is 0 Å². The third-order valence-electron chi connectivity index (χ3n) is 3.71. The first-order valence-electron chi connectivity index (χ1n) is 7.37. The summed E-state index contributed by atoms with van der Waals surface area (Å²) in [5.74, 6) is 0.243. The van der Waals surface area contributed by atoms with Gasteiger partial charge in [0.05, 0.1) is 11.4 Å². The van der Waals surface area contributed by atoms with Gasteiger partial charge in [-0.1, -0.05) is 32.2 Å². The second kappa shape index (κ2) is 8.08. The van der Waals surface area contributed by atoms with Gasteiger partial charge in [0.15, 0.2) is 0 Å². The van der Waals surface area contributed by atoms with E-state index in [1.54, 1.807) is 0 Å². The first kappa shape index (κ1) is 16.7. The number of hydrogen-bond acceptors (Lipinski definition) is 2. The molecule has 1 unspecified atom stereocenters. The summed E-state index contributed by atoms with van der Waals surface area (Å²) in [6.45, 7) is 11.7. The predicted molar refractivity (Wildman–Crippen MR) is 87.6 cm³/mol. The van der Waals surface area contributed by atoms with Crippen LogP contribution in [0.2, 0.25) is 0 Å². The van der Waals surface area contributed by atoms with Gasteiger partial charge in [-0.15, -0.1) is 0 Å². The van der Waals surface area contributed by atoms with Crippen molar-refractivity contribution in [2.45, 2.75) is 40.0 Å². The lowest BCUT2D eigenvalue weighted by Crippen LogP contribution is -2.33. The Kier molecular flexibility index (Phi) is 6.76. The van der Waals surface area contributed by atoms with E-state index in [9.17, 15) is 4.39 Å². The molecule has 0 aliphatic rings. The van der Waals surface area contributed by atoms with Crippen LogP contribution in [-0.2, 0) is 0 Å². The highest BCUT2D eigenvalue weighted by Gasteiger charge is 2.17. The molecule has 1 rings (SSSR count). The fraction of sp³-hybridized carbons (Fsp3) is 0.562. The molecule has 2 radical (unpaired) electrons. The molecule has 20 heavy (non-hydrogen) atoms. The minimum Gasteiger partial charge on any atom is -0.370 e. The molecule has 0 aliphatic carbocycles. The lowest BCUT2D eigenvalue weighted by molar-refractivity contribution is 0.460. The molecule has 0 spiro atoms. The van der Waals surface area contributed by atoms with Gasteiger partial charge in [0.1, 0.15) is 13.7 Å². The van der Waals surface area contributed by atoms with Gasteiger partial charge >= 0.3 is 0 Å². The Morgan fingerprint density at radius 3 is 2.55 bits per heavy atom. The molecule has 1 atom stereocenters. The fourth-order valence-corrected chi connectivity index (χ4v) is 2.59. The molecule has 1 aromatic rings. The molecule has 2 nitrogen and oxygen atoms in total. The zero-order valence-corrected chi connectivity index (χ0v) is 12.8. The topological polar surface area (TPSA) is 15.6 Å². The van der Waals surface area contributed by atoms with Gasteiger partial charge in [-0.25, -0.2) is 4.39 Å². The molecule has 0 N–H and O–H groups in total. The van der Waals surface area contributed by atoms with Crippen LogP contribution >= 0.6 is 0 Å². The third kappa shape index (κ3) is 4.09. The Balaban J connectivity index is 3.08. The molecule has 0 fully saturated rings. The molecule has 4 heteroatoms. The fourth-order valence-electron chi connectivity index (χ4n) is 2.59. The predicted octanol–water partition coefficient (Wildman–Crippen LogP) is 3.60. The van der Waals surface area contributed by atoms with Crippen molar-refractivity contribution in [3.63, 3.8) is 0 Å². The van der Waals surface area contributed by atoms with Crippen LogP contribution in [0.5, 0.6) is 0 Å². The van der Waals surface area contributed by atoms with Crippen molar-refractivity contribution in [2.24, 2.45) is 10.9 Å². The van der Waals surface area contributed by atoms with Crippen molar-refractivity contribution in [2.75, 3.05) is 18.0 Å². The maximum Gasteiger partial charge on any atom is 0.124 e. The van der Waals surface area contributed by atoms with E-state index in [1.807, 2.05) is 0 Å². The highest BCUT2D eigenvalue weighted by Crippen LogP contribution is 2.28. The number of anilines is 1. The quantitative estimate of drug-likeness (QED) is 0.522. The first-order chi connectivity index (χ1) is 9.57. The van der Waals surface area contributed by atoms with Gasteiger partial charge in [0.25, 0.3) is 0 Å². The summed E-state index contributed by atoms with van der Waals surface area (Å²) in [6.07, 6.45) is 3.48. The highest BCUT2D eigenvalue weighted by molar-refractivity contribution is 6.36. The molecule has 0 bridgehead atoms. The van der Waals surface area contributed by atoms with E-state index in [0.717, 1.165) is 25.2 Å². The van der Waals surface area contributed by atoms with Crippen LogP contribution in [0.15, 0.2) is 17.1 Å². The first-order valence-corrected chi connectivity index (χ1v) is 7.37. The number of benzene rings is 1. The molecule has 1 aromatic carbocycles. The van der Waals surface area contributed by atoms with Crippen LogP contribution in [0.3, 0.4) is 0 Å². The molecular weight excluding hydrogens is 250 g/mol. The molecule has 0 saturated heterocycles. The smallest absolute Gasteiger partial charge is 0.124 e. The highest BCUT2D eigenvalue weighted by atomic mass is 19.1. The van der Waals surface area contributed by atoms with Gasteiger partial charge in [-0.3, -0.25) is 4.99 Å². The maximum absolute atomic E-state index is 13.4.